The first-order valence-electron chi connectivity index (χ1n) is 6.98. The Hall–Kier alpha value is -2.10. The number of nitrogen functional groups attached to an aromatic ring is 1. The van der Waals surface area contributed by atoms with Gasteiger partial charge in [-0.15, -0.1) is 0 Å². The van der Waals surface area contributed by atoms with Crippen molar-refractivity contribution in [2.45, 2.75) is 33.1 Å². The molecule has 0 fully saturated rings. The molecule has 3 N–H and O–H groups in total. The summed E-state index contributed by atoms with van der Waals surface area (Å²) in [6.07, 6.45) is 0.945. The Bertz CT molecular complexity index is 561. The largest absolute Gasteiger partial charge is 0.399 e. The number of hydrogen-bond acceptors (Lipinski definition) is 4. The molecule has 0 radical (unpaired) electrons. The van der Waals surface area contributed by atoms with Gasteiger partial charge < -0.3 is 11.1 Å². The number of hydrogen-bond donors (Lipinski definition) is 2. The Morgan fingerprint density at radius 1 is 1.15 bits per heavy atom. The maximum atomic E-state index is 5.68. The van der Waals surface area contributed by atoms with Crippen molar-refractivity contribution in [2.24, 2.45) is 0 Å². The van der Waals surface area contributed by atoms with E-state index in [1.54, 1.807) is 0 Å². The highest BCUT2D eigenvalue weighted by Gasteiger charge is 2.05. The van der Waals surface area contributed by atoms with Crippen LogP contribution in [0.5, 0.6) is 0 Å². The smallest absolute Gasteiger partial charge is 0.133 e. The van der Waals surface area contributed by atoms with Crippen molar-refractivity contribution < 1.29 is 0 Å². The van der Waals surface area contributed by atoms with Crippen LogP contribution in [0.4, 0.5) is 11.5 Å². The molecule has 2 aromatic rings. The third kappa shape index (κ3) is 3.95. The molecule has 0 spiro atoms. The van der Waals surface area contributed by atoms with Crippen LogP contribution in [0.25, 0.3) is 0 Å². The molecule has 106 valence electrons. The van der Waals surface area contributed by atoms with Crippen molar-refractivity contribution in [1.29, 1.82) is 0 Å². The summed E-state index contributed by atoms with van der Waals surface area (Å²) in [7, 11) is 0. The van der Waals surface area contributed by atoms with Gasteiger partial charge in [0.25, 0.3) is 0 Å². The van der Waals surface area contributed by atoms with Crippen LogP contribution >= 0.6 is 0 Å². The van der Waals surface area contributed by atoms with Gasteiger partial charge in [0, 0.05) is 29.9 Å². The molecule has 1 heterocycles. The molecule has 1 aromatic carbocycles. The third-order valence-electron chi connectivity index (χ3n) is 3.09. The van der Waals surface area contributed by atoms with Gasteiger partial charge >= 0.3 is 0 Å². The second kappa shape index (κ2) is 6.37. The van der Waals surface area contributed by atoms with Gasteiger partial charge in [-0.1, -0.05) is 26.0 Å². The van der Waals surface area contributed by atoms with E-state index in [1.807, 2.05) is 25.1 Å². The van der Waals surface area contributed by atoms with E-state index in [0.29, 0.717) is 5.92 Å². The third-order valence-corrected chi connectivity index (χ3v) is 3.09. The van der Waals surface area contributed by atoms with Crippen molar-refractivity contribution >= 4 is 11.5 Å². The number of aryl methyl sites for hydroxylation is 1. The summed E-state index contributed by atoms with van der Waals surface area (Å²) in [5.74, 6) is 2.13. The molecular formula is C16H22N4. The number of nitrogens with zero attached hydrogens (tertiary/aromatic N) is 2. The summed E-state index contributed by atoms with van der Waals surface area (Å²) in [6.45, 7) is 7.05. The molecule has 2 rings (SSSR count). The highest BCUT2D eigenvalue weighted by atomic mass is 15.0. The summed E-state index contributed by atoms with van der Waals surface area (Å²) < 4.78 is 0. The first-order chi connectivity index (χ1) is 9.54. The molecule has 1 aromatic heterocycles. The quantitative estimate of drug-likeness (QED) is 0.819. The first kappa shape index (κ1) is 14.3. The second-order valence-electron chi connectivity index (χ2n) is 5.33. The second-order valence-corrected chi connectivity index (χ2v) is 5.33. The molecule has 0 unspecified atom stereocenters. The fraction of sp³-hybridized carbons (Fsp3) is 0.375. The number of aromatic nitrogens is 2. The van der Waals surface area contributed by atoms with E-state index in [0.717, 1.165) is 36.0 Å². The molecule has 0 bridgehead atoms. The highest BCUT2D eigenvalue weighted by molar-refractivity contribution is 5.40. The van der Waals surface area contributed by atoms with Crippen LogP contribution in [0.1, 0.15) is 36.8 Å². The van der Waals surface area contributed by atoms with Gasteiger partial charge in [-0.05, 0) is 31.0 Å². The van der Waals surface area contributed by atoms with Gasteiger partial charge in [-0.3, -0.25) is 0 Å². The van der Waals surface area contributed by atoms with Gasteiger partial charge in [0.1, 0.15) is 11.6 Å². The SMILES string of the molecule is Cc1cc(NCCc2ccc(N)cc2)nc(C(C)C)n1. The van der Waals surface area contributed by atoms with E-state index >= 15 is 0 Å². The molecule has 0 aliphatic heterocycles. The molecule has 0 amide bonds. The number of rotatable bonds is 5. The number of nitrogens with one attached hydrogen (secondary N) is 1. The summed E-state index contributed by atoms with van der Waals surface area (Å²) >= 11 is 0. The molecular weight excluding hydrogens is 248 g/mol. The molecule has 0 aliphatic carbocycles. The van der Waals surface area contributed by atoms with E-state index in [9.17, 15) is 0 Å². The zero-order chi connectivity index (χ0) is 14.5. The molecule has 0 saturated heterocycles. The summed E-state index contributed by atoms with van der Waals surface area (Å²) in [6, 6.07) is 9.96. The Kier molecular flexibility index (Phi) is 4.56. The molecule has 0 aliphatic rings. The van der Waals surface area contributed by atoms with E-state index in [1.165, 1.54) is 5.56 Å². The van der Waals surface area contributed by atoms with Crippen molar-refractivity contribution in [3.8, 4) is 0 Å². The number of anilines is 2. The van der Waals surface area contributed by atoms with Crippen LogP contribution in [-0.4, -0.2) is 16.5 Å². The molecule has 4 nitrogen and oxygen atoms in total. The monoisotopic (exact) mass is 270 g/mol. The van der Waals surface area contributed by atoms with Gasteiger partial charge in [-0.2, -0.15) is 0 Å². The predicted octanol–water partition coefficient (Wildman–Crippen LogP) is 3.15. The maximum absolute atomic E-state index is 5.68. The highest BCUT2D eigenvalue weighted by Crippen LogP contribution is 2.14. The summed E-state index contributed by atoms with van der Waals surface area (Å²) in [5, 5.41) is 3.36. The van der Waals surface area contributed by atoms with Crippen molar-refractivity contribution in [3.63, 3.8) is 0 Å². The Morgan fingerprint density at radius 3 is 2.50 bits per heavy atom. The maximum Gasteiger partial charge on any atom is 0.133 e. The molecule has 4 heteroatoms. The number of benzene rings is 1. The van der Waals surface area contributed by atoms with E-state index in [-0.39, 0.29) is 0 Å². The lowest BCUT2D eigenvalue weighted by Gasteiger charge is -2.10. The topological polar surface area (TPSA) is 63.8 Å². The van der Waals surface area contributed by atoms with Gasteiger partial charge in [-0.25, -0.2) is 9.97 Å². The fourth-order valence-corrected chi connectivity index (χ4v) is 1.96. The van der Waals surface area contributed by atoms with E-state index < -0.39 is 0 Å². The van der Waals surface area contributed by atoms with Crippen molar-refractivity contribution in [1.82, 2.24) is 9.97 Å². The van der Waals surface area contributed by atoms with Gasteiger partial charge in [0.2, 0.25) is 0 Å². The standard InChI is InChI=1S/C16H22N4/c1-11(2)16-19-12(3)10-15(20-16)18-9-8-13-4-6-14(17)7-5-13/h4-7,10-11H,8-9,17H2,1-3H3,(H,18,19,20). The van der Waals surface area contributed by atoms with Crippen molar-refractivity contribution in [3.05, 3.63) is 47.4 Å². The normalized spacial score (nSPS) is 10.8. The predicted molar refractivity (Wildman–Crippen MR) is 83.9 cm³/mol. The minimum atomic E-state index is 0.340. The molecule has 0 atom stereocenters. The molecule has 0 saturated carbocycles. The zero-order valence-corrected chi connectivity index (χ0v) is 12.4. The minimum Gasteiger partial charge on any atom is -0.399 e. The van der Waals surface area contributed by atoms with Crippen LogP contribution < -0.4 is 11.1 Å². The van der Waals surface area contributed by atoms with Crippen LogP contribution in [0, 0.1) is 6.92 Å². The lowest BCUT2D eigenvalue weighted by atomic mass is 10.1. The van der Waals surface area contributed by atoms with Gasteiger partial charge in [0.15, 0.2) is 0 Å². The van der Waals surface area contributed by atoms with Crippen LogP contribution in [0.15, 0.2) is 30.3 Å². The first-order valence-corrected chi connectivity index (χ1v) is 6.98. The minimum absolute atomic E-state index is 0.340. The summed E-state index contributed by atoms with van der Waals surface area (Å²) in [4.78, 5) is 8.98. The average molecular weight is 270 g/mol. The van der Waals surface area contributed by atoms with Crippen molar-refractivity contribution in [2.75, 3.05) is 17.6 Å². The Labute approximate surface area is 120 Å². The van der Waals surface area contributed by atoms with Crippen LogP contribution in [0.2, 0.25) is 0 Å². The fourth-order valence-electron chi connectivity index (χ4n) is 1.96. The zero-order valence-electron chi connectivity index (χ0n) is 12.4. The van der Waals surface area contributed by atoms with Crippen LogP contribution in [-0.2, 0) is 6.42 Å². The average Bonchev–Trinajstić information content (AvgIpc) is 2.40. The van der Waals surface area contributed by atoms with E-state index in [2.05, 4.69) is 41.3 Å². The summed E-state index contributed by atoms with van der Waals surface area (Å²) in [5.41, 5.74) is 8.74. The Balaban J connectivity index is 1.95. The lowest BCUT2D eigenvalue weighted by molar-refractivity contribution is 0.766. The van der Waals surface area contributed by atoms with E-state index in [4.69, 9.17) is 5.73 Å². The number of nitrogens with two attached hydrogens (primary N) is 1. The van der Waals surface area contributed by atoms with Crippen LogP contribution in [0.3, 0.4) is 0 Å². The Morgan fingerprint density at radius 2 is 1.85 bits per heavy atom. The lowest BCUT2D eigenvalue weighted by Crippen LogP contribution is -2.09. The van der Waals surface area contributed by atoms with Gasteiger partial charge in [0.05, 0.1) is 0 Å². The molecule has 20 heavy (non-hydrogen) atoms.